The number of hydrogen-bond donors (Lipinski definition) is 1. The van der Waals surface area contributed by atoms with Crippen LogP contribution in [0, 0.1) is 0 Å². The zero-order chi connectivity index (χ0) is 10.0. The Bertz CT molecular complexity index is 219. The number of morpholine rings is 1. The molecule has 4 heteroatoms. The Labute approximate surface area is 84.6 Å². The predicted octanol–water partition coefficient (Wildman–Crippen LogP) is -0.0127. The van der Waals surface area contributed by atoms with Crippen molar-refractivity contribution in [3.05, 3.63) is 0 Å². The summed E-state index contributed by atoms with van der Waals surface area (Å²) in [6.45, 7) is 5.73. The fourth-order valence-corrected chi connectivity index (χ4v) is 2.57. The summed E-state index contributed by atoms with van der Waals surface area (Å²) in [5, 5.41) is 3.36. The second kappa shape index (κ2) is 3.87. The quantitative estimate of drug-likeness (QED) is 0.644. The molecule has 1 atom stereocenters. The van der Waals surface area contributed by atoms with Gasteiger partial charge < -0.3 is 15.0 Å². The Balaban J connectivity index is 2.16. The molecule has 0 aromatic rings. The van der Waals surface area contributed by atoms with Crippen molar-refractivity contribution in [1.82, 2.24) is 10.2 Å². The van der Waals surface area contributed by atoms with Gasteiger partial charge in [0, 0.05) is 13.1 Å². The Morgan fingerprint density at radius 1 is 1.64 bits per heavy atom. The van der Waals surface area contributed by atoms with Gasteiger partial charge in [-0.15, -0.1) is 0 Å². The third-order valence-corrected chi connectivity index (χ3v) is 3.24. The molecule has 2 saturated heterocycles. The van der Waals surface area contributed by atoms with E-state index in [1.54, 1.807) is 0 Å². The number of ether oxygens (including phenoxy) is 1. The minimum absolute atomic E-state index is 0.0532. The number of piperidine rings is 1. The highest BCUT2D eigenvalue weighted by Crippen LogP contribution is 2.27. The van der Waals surface area contributed by atoms with E-state index in [9.17, 15) is 4.79 Å². The van der Waals surface area contributed by atoms with Gasteiger partial charge in [-0.05, 0) is 26.3 Å². The van der Waals surface area contributed by atoms with Crippen LogP contribution in [0.2, 0.25) is 0 Å². The van der Waals surface area contributed by atoms with Crippen LogP contribution >= 0.6 is 0 Å². The van der Waals surface area contributed by atoms with Crippen molar-refractivity contribution in [3.63, 3.8) is 0 Å². The number of amides is 1. The number of nitrogens with one attached hydrogen (secondary N) is 1. The van der Waals surface area contributed by atoms with Crippen molar-refractivity contribution in [2.24, 2.45) is 0 Å². The predicted molar refractivity (Wildman–Crippen MR) is 53.0 cm³/mol. The molecule has 0 radical (unpaired) electrons. The van der Waals surface area contributed by atoms with Gasteiger partial charge >= 0.3 is 0 Å². The van der Waals surface area contributed by atoms with Crippen LogP contribution in [0.15, 0.2) is 0 Å². The van der Waals surface area contributed by atoms with Crippen LogP contribution in [0.25, 0.3) is 0 Å². The molecule has 4 nitrogen and oxygen atoms in total. The van der Waals surface area contributed by atoms with Crippen molar-refractivity contribution < 1.29 is 9.53 Å². The zero-order valence-electron chi connectivity index (χ0n) is 8.71. The fraction of sp³-hybridized carbons (Fsp3) is 0.900. The van der Waals surface area contributed by atoms with Crippen molar-refractivity contribution in [2.75, 3.05) is 32.8 Å². The van der Waals surface area contributed by atoms with E-state index in [0.29, 0.717) is 6.61 Å². The normalized spacial score (nSPS) is 33.8. The van der Waals surface area contributed by atoms with E-state index in [1.165, 1.54) is 0 Å². The molecule has 2 heterocycles. The fourth-order valence-electron chi connectivity index (χ4n) is 2.57. The number of likely N-dealkylation sites (N-methyl/N-ethyl adjacent to an activating group) is 1. The minimum atomic E-state index is -0.0532. The number of nitrogens with zero attached hydrogens (tertiary/aromatic N) is 1. The molecular weight excluding hydrogens is 180 g/mol. The van der Waals surface area contributed by atoms with Crippen molar-refractivity contribution >= 4 is 5.91 Å². The minimum Gasteiger partial charge on any atom is -0.369 e. The molecule has 0 aromatic heterocycles. The van der Waals surface area contributed by atoms with Crippen molar-refractivity contribution in [1.29, 1.82) is 0 Å². The van der Waals surface area contributed by atoms with Crippen LogP contribution in [0.4, 0.5) is 0 Å². The van der Waals surface area contributed by atoms with Gasteiger partial charge in [0.15, 0.2) is 0 Å². The topological polar surface area (TPSA) is 41.6 Å². The lowest BCUT2D eigenvalue weighted by Gasteiger charge is -2.48. The highest BCUT2D eigenvalue weighted by Gasteiger charge is 2.43. The monoisotopic (exact) mass is 198 g/mol. The van der Waals surface area contributed by atoms with Crippen LogP contribution in [-0.2, 0) is 9.53 Å². The zero-order valence-corrected chi connectivity index (χ0v) is 8.71. The van der Waals surface area contributed by atoms with Gasteiger partial charge in [-0.2, -0.15) is 0 Å². The third kappa shape index (κ3) is 1.53. The molecular formula is C10H18N2O2. The van der Waals surface area contributed by atoms with E-state index in [1.807, 2.05) is 11.8 Å². The van der Waals surface area contributed by atoms with Gasteiger partial charge in [-0.25, -0.2) is 0 Å². The molecule has 80 valence electrons. The van der Waals surface area contributed by atoms with Gasteiger partial charge in [0.1, 0.15) is 6.61 Å². The molecule has 0 aromatic carbocycles. The molecule has 1 unspecified atom stereocenters. The van der Waals surface area contributed by atoms with E-state index in [0.717, 1.165) is 32.5 Å². The van der Waals surface area contributed by atoms with Gasteiger partial charge in [0.2, 0.25) is 5.91 Å². The lowest BCUT2D eigenvalue weighted by Crippen LogP contribution is -2.65. The van der Waals surface area contributed by atoms with Crippen LogP contribution in [-0.4, -0.2) is 49.2 Å². The number of rotatable bonds is 1. The summed E-state index contributed by atoms with van der Waals surface area (Å²) < 4.78 is 5.38. The molecule has 2 rings (SSSR count). The van der Waals surface area contributed by atoms with Gasteiger partial charge in [-0.1, -0.05) is 0 Å². The molecule has 1 spiro atoms. The maximum Gasteiger partial charge on any atom is 0.249 e. The van der Waals surface area contributed by atoms with Crippen molar-refractivity contribution in [2.45, 2.75) is 25.3 Å². The first-order valence-corrected chi connectivity index (χ1v) is 5.37. The number of carbonyl (C=O) groups excluding carboxylic acids is 1. The van der Waals surface area contributed by atoms with E-state index in [2.05, 4.69) is 5.32 Å². The lowest BCUT2D eigenvalue weighted by atomic mass is 9.88. The van der Waals surface area contributed by atoms with Gasteiger partial charge in [0.25, 0.3) is 0 Å². The van der Waals surface area contributed by atoms with Crippen LogP contribution in [0.3, 0.4) is 0 Å². The Hall–Kier alpha value is -0.610. The summed E-state index contributed by atoms with van der Waals surface area (Å²) in [5.41, 5.74) is -0.0532. The molecule has 0 aliphatic carbocycles. The summed E-state index contributed by atoms with van der Waals surface area (Å²) in [6, 6.07) is 0. The van der Waals surface area contributed by atoms with Crippen LogP contribution < -0.4 is 5.32 Å². The smallest absolute Gasteiger partial charge is 0.249 e. The first-order valence-electron chi connectivity index (χ1n) is 5.37. The second-order valence-corrected chi connectivity index (χ2v) is 4.14. The summed E-state index contributed by atoms with van der Waals surface area (Å²) in [4.78, 5) is 13.7. The van der Waals surface area contributed by atoms with E-state index in [4.69, 9.17) is 4.74 Å². The first-order chi connectivity index (χ1) is 6.78. The molecule has 0 bridgehead atoms. The number of carbonyl (C=O) groups is 1. The summed E-state index contributed by atoms with van der Waals surface area (Å²) in [6.07, 6.45) is 2.20. The van der Waals surface area contributed by atoms with Crippen molar-refractivity contribution in [3.8, 4) is 0 Å². The first kappa shape index (κ1) is 9.93. The molecule has 2 aliphatic rings. The SMILES string of the molecule is CCN1C(=O)COCC12CCCNC2. The largest absolute Gasteiger partial charge is 0.369 e. The highest BCUT2D eigenvalue weighted by atomic mass is 16.5. The summed E-state index contributed by atoms with van der Waals surface area (Å²) >= 11 is 0. The maximum absolute atomic E-state index is 11.7. The molecule has 1 amide bonds. The van der Waals surface area contributed by atoms with E-state index < -0.39 is 0 Å². The third-order valence-electron chi connectivity index (χ3n) is 3.24. The van der Waals surface area contributed by atoms with Gasteiger partial charge in [-0.3, -0.25) is 4.79 Å². The standard InChI is InChI=1S/C10H18N2O2/c1-2-12-9(13)6-14-8-10(12)4-3-5-11-7-10/h11H,2-8H2,1H3. The summed E-state index contributed by atoms with van der Waals surface area (Å²) in [5.74, 6) is 0.141. The number of hydrogen-bond acceptors (Lipinski definition) is 3. The van der Waals surface area contributed by atoms with Gasteiger partial charge in [0.05, 0.1) is 12.1 Å². The molecule has 14 heavy (non-hydrogen) atoms. The Kier molecular flexibility index (Phi) is 2.74. The average molecular weight is 198 g/mol. The maximum atomic E-state index is 11.7. The lowest BCUT2D eigenvalue weighted by molar-refractivity contribution is -0.159. The van der Waals surface area contributed by atoms with Crippen LogP contribution in [0.5, 0.6) is 0 Å². The second-order valence-electron chi connectivity index (χ2n) is 4.14. The van der Waals surface area contributed by atoms with Crippen LogP contribution in [0.1, 0.15) is 19.8 Å². The molecule has 0 saturated carbocycles. The molecule has 1 N–H and O–H groups in total. The average Bonchev–Trinajstić information content (AvgIpc) is 2.19. The summed E-state index contributed by atoms with van der Waals surface area (Å²) in [7, 11) is 0. The van der Waals surface area contributed by atoms with E-state index in [-0.39, 0.29) is 18.1 Å². The molecule has 2 fully saturated rings. The highest BCUT2D eigenvalue weighted by molar-refractivity contribution is 5.79. The van der Waals surface area contributed by atoms with E-state index >= 15 is 0 Å². The Morgan fingerprint density at radius 3 is 3.14 bits per heavy atom. The molecule has 2 aliphatic heterocycles. The Morgan fingerprint density at radius 2 is 2.50 bits per heavy atom.